The van der Waals surface area contributed by atoms with E-state index in [1.165, 1.54) is 31.4 Å². The van der Waals surface area contributed by atoms with Crippen LogP contribution in [0.3, 0.4) is 0 Å². The third kappa shape index (κ3) is 5.47. The quantitative estimate of drug-likeness (QED) is 0.636. The predicted molar refractivity (Wildman–Crippen MR) is 113 cm³/mol. The lowest BCUT2D eigenvalue weighted by atomic mass is 10.1. The monoisotopic (exact) mass is 443 g/mol. The molecule has 2 heterocycles. The molecular formula is C18H23Cl2N5O2S. The van der Waals surface area contributed by atoms with Gasteiger partial charge < -0.3 is 10.2 Å². The van der Waals surface area contributed by atoms with Gasteiger partial charge in [0.1, 0.15) is 10.7 Å². The number of hydrogen-bond acceptors (Lipinski definition) is 6. The summed E-state index contributed by atoms with van der Waals surface area (Å²) in [5, 5.41) is 3.51. The molecule has 7 nitrogen and oxygen atoms in total. The van der Waals surface area contributed by atoms with Crippen LogP contribution in [0, 0.1) is 6.92 Å². The van der Waals surface area contributed by atoms with Crippen LogP contribution in [0.4, 0.5) is 11.8 Å². The fourth-order valence-electron chi connectivity index (χ4n) is 3.04. The number of anilines is 2. The average Bonchev–Trinajstić information content (AvgIpc) is 2.67. The van der Waals surface area contributed by atoms with Crippen LogP contribution >= 0.6 is 23.2 Å². The number of benzene rings is 1. The highest BCUT2D eigenvalue weighted by atomic mass is 35.5. The molecular weight excluding hydrogens is 421 g/mol. The SMILES string of the molecule is Cc1cc(N2CCCCC2)nc(NCCNS(=O)(=O)c2cc(Cl)ccc2Cl)n1. The Morgan fingerprint density at radius 2 is 1.82 bits per heavy atom. The number of rotatable bonds is 7. The van der Waals surface area contributed by atoms with Crippen molar-refractivity contribution in [3.05, 3.63) is 40.0 Å². The van der Waals surface area contributed by atoms with E-state index in [2.05, 4.69) is 24.9 Å². The largest absolute Gasteiger partial charge is 0.356 e. The first-order valence-electron chi connectivity index (χ1n) is 9.14. The molecule has 1 aliphatic rings. The molecule has 1 saturated heterocycles. The van der Waals surface area contributed by atoms with Crippen LogP contribution < -0.4 is 14.9 Å². The van der Waals surface area contributed by atoms with E-state index in [4.69, 9.17) is 23.2 Å². The topological polar surface area (TPSA) is 87.2 Å². The van der Waals surface area contributed by atoms with Crippen LogP contribution in [0.1, 0.15) is 25.0 Å². The number of hydrogen-bond donors (Lipinski definition) is 2. The van der Waals surface area contributed by atoms with Gasteiger partial charge in [-0.1, -0.05) is 23.2 Å². The van der Waals surface area contributed by atoms with E-state index in [9.17, 15) is 8.42 Å². The Kier molecular flexibility index (Phi) is 6.98. The first-order chi connectivity index (χ1) is 13.3. The van der Waals surface area contributed by atoms with Gasteiger partial charge in [-0.3, -0.25) is 0 Å². The molecule has 0 aliphatic carbocycles. The van der Waals surface area contributed by atoms with Crippen molar-refractivity contribution >= 4 is 45.0 Å². The Balaban J connectivity index is 1.59. The molecule has 2 aromatic rings. The molecule has 0 saturated carbocycles. The van der Waals surface area contributed by atoms with Gasteiger partial charge in [0.05, 0.1) is 5.02 Å². The van der Waals surface area contributed by atoms with Crippen LogP contribution in [0.5, 0.6) is 0 Å². The van der Waals surface area contributed by atoms with Gasteiger partial charge in [0, 0.05) is 43.0 Å². The maximum Gasteiger partial charge on any atom is 0.242 e. The summed E-state index contributed by atoms with van der Waals surface area (Å²) in [5.74, 6) is 1.39. The number of piperidine rings is 1. The van der Waals surface area contributed by atoms with Crippen molar-refractivity contribution in [2.75, 3.05) is 36.4 Å². The summed E-state index contributed by atoms with van der Waals surface area (Å²) >= 11 is 11.9. The maximum atomic E-state index is 12.4. The lowest BCUT2D eigenvalue weighted by Gasteiger charge is -2.28. The number of aryl methyl sites for hydroxylation is 1. The molecule has 1 aliphatic heterocycles. The van der Waals surface area contributed by atoms with Gasteiger partial charge in [-0.05, 0) is 44.4 Å². The highest BCUT2D eigenvalue weighted by Crippen LogP contribution is 2.24. The summed E-state index contributed by atoms with van der Waals surface area (Å²) in [5.41, 5.74) is 0.865. The molecule has 1 aromatic heterocycles. The molecule has 1 fully saturated rings. The summed E-state index contributed by atoms with van der Waals surface area (Å²) < 4.78 is 27.3. The minimum atomic E-state index is -3.76. The first-order valence-corrected chi connectivity index (χ1v) is 11.4. The zero-order valence-electron chi connectivity index (χ0n) is 15.6. The van der Waals surface area contributed by atoms with E-state index in [1.54, 1.807) is 6.07 Å². The van der Waals surface area contributed by atoms with E-state index in [0.717, 1.165) is 24.6 Å². The fourth-order valence-corrected chi connectivity index (χ4v) is 4.83. The molecule has 0 amide bonds. The zero-order valence-corrected chi connectivity index (χ0v) is 17.9. The van der Waals surface area contributed by atoms with E-state index in [1.807, 2.05) is 13.0 Å². The van der Waals surface area contributed by atoms with E-state index in [0.29, 0.717) is 17.5 Å². The van der Waals surface area contributed by atoms with Gasteiger partial charge in [-0.25, -0.2) is 18.1 Å². The van der Waals surface area contributed by atoms with Gasteiger partial charge in [-0.15, -0.1) is 0 Å². The average molecular weight is 444 g/mol. The van der Waals surface area contributed by atoms with E-state index >= 15 is 0 Å². The fraction of sp³-hybridized carbons (Fsp3) is 0.444. The van der Waals surface area contributed by atoms with Gasteiger partial charge in [0.25, 0.3) is 0 Å². The van der Waals surface area contributed by atoms with Crippen molar-refractivity contribution in [3.63, 3.8) is 0 Å². The number of sulfonamides is 1. The summed E-state index contributed by atoms with van der Waals surface area (Å²) in [7, 11) is -3.76. The molecule has 0 atom stereocenters. The van der Waals surface area contributed by atoms with Crippen molar-refractivity contribution in [2.24, 2.45) is 0 Å². The van der Waals surface area contributed by atoms with Crippen LogP contribution in [0.15, 0.2) is 29.2 Å². The Morgan fingerprint density at radius 1 is 1.07 bits per heavy atom. The van der Waals surface area contributed by atoms with Gasteiger partial charge in [0.2, 0.25) is 16.0 Å². The second kappa shape index (κ2) is 9.26. The molecule has 0 spiro atoms. The smallest absolute Gasteiger partial charge is 0.242 e. The number of halogens is 2. The summed E-state index contributed by atoms with van der Waals surface area (Å²) in [6.45, 7) is 4.40. The van der Waals surface area contributed by atoms with Gasteiger partial charge in [0.15, 0.2) is 0 Å². The molecule has 0 bridgehead atoms. The van der Waals surface area contributed by atoms with Crippen LogP contribution in [0.25, 0.3) is 0 Å². The van der Waals surface area contributed by atoms with Crippen LogP contribution in [-0.4, -0.2) is 44.6 Å². The second-order valence-corrected chi connectivity index (χ2v) is 9.22. The van der Waals surface area contributed by atoms with Crippen molar-refractivity contribution in [1.82, 2.24) is 14.7 Å². The number of nitrogens with one attached hydrogen (secondary N) is 2. The second-order valence-electron chi connectivity index (χ2n) is 6.64. The Morgan fingerprint density at radius 3 is 2.57 bits per heavy atom. The van der Waals surface area contributed by atoms with Crippen molar-refractivity contribution in [1.29, 1.82) is 0 Å². The third-order valence-corrected chi connectivity index (χ3v) is 6.58. The first kappa shape index (κ1) is 21.1. The molecule has 3 rings (SSSR count). The van der Waals surface area contributed by atoms with Crippen molar-refractivity contribution in [3.8, 4) is 0 Å². The van der Waals surface area contributed by atoms with Crippen molar-refractivity contribution < 1.29 is 8.42 Å². The normalized spacial score (nSPS) is 14.9. The van der Waals surface area contributed by atoms with Gasteiger partial charge >= 0.3 is 0 Å². The lowest BCUT2D eigenvalue weighted by Crippen LogP contribution is -2.31. The highest BCUT2D eigenvalue weighted by Gasteiger charge is 2.18. The molecule has 0 radical (unpaired) electrons. The maximum absolute atomic E-state index is 12.4. The minimum absolute atomic E-state index is 0.0409. The molecule has 2 N–H and O–H groups in total. The molecule has 152 valence electrons. The minimum Gasteiger partial charge on any atom is -0.356 e. The summed E-state index contributed by atoms with van der Waals surface area (Å²) in [6.07, 6.45) is 3.59. The van der Waals surface area contributed by atoms with Crippen LogP contribution in [0.2, 0.25) is 10.0 Å². The summed E-state index contributed by atoms with van der Waals surface area (Å²) in [6, 6.07) is 6.30. The summed E-state index contributed by atoms with van der Waals surface area (Å²) in [4.78, 5) is 11.2. The standard InChI is InChI=1S/C18H23Cl2N5O2S/c1-13-11-17(25-9-3-2-4-10-25)24-18(23-13)21-7-8-22-28(26,27)16-12-14(19)5-6-15(16)20/h5-6,11-12,22H,2-4,7-10H2,1H3,(H,21,23,24). The highest BCUT2D eigenvalue weighted by molar-refractivity contribution is 7.89. The Hall–Kier alpha value is -1.61. The van der Waals surface area contributed by atoms with E-state index in [-0.39, 0.29) is 16.5 Å². The molecule has 28 heavy (non-hydrogen) atoms. The zero-order chi connectivity index (χ0) is 20.1. The predicted octanol–water partition coefficient (Wildman–Crippen LogP) is 3.47. The number of nitrogens with zero attached hydrogens (tertiary/aromatic N) is 3. The Bertz CT molecular complexity index is 934. The third-order valence-electron chi connectivity index (χ3n) is 4.40. The van der Waals surface area contributed by atoms with E-state index < -0.39 is 10.0 Å². The Labute approximate surface area is 175 Å². The van der Waals surface area contributed by atoms with Crippen LogP contribution in [-0.2, 0) is 10.0 Å². The molecule has 1 aromatic carbocycles. The van der Waals surface area contributed by atoms with Crippen molar-refractivity contribution in [2.45, 2.75) is 31.1 Å². The number of aromatic nitrogens is 2. The van der Waals surface area contributed by atoms with Gasteiger partial charge in [-0.2, -0.15) is 4.98 Å². The lowest BCUT2D eigenvalue weighted by molar-refractivity contribution is 0.573. The molecule has 10 heteroatoms. The molecule has 0 unspecified atom stereocenters.